The maximum atomic E-state index is 12.3. The molecule has 7 nitrogen and oxygen atoms in total. The van der Waals surface area contributed by atoms with E-state index in [1.807, 2.05) is 20.8 Å². The number of amides is 3. The van der Waals surface area contributed by atoms with E-state index in [-0.39, 0.29) is 48.6 Å². The molecule has 156 valence electrons. The summed E-state index contributed by atoms with van der Waals surface area (Å²) in [6, 6.07) is 4.78. The first-order valence-corrected chi connectivity index (χ1v) is 9.52. The normalized spacial score (nSPS) is 14.9. The first-order valence-electron chi connectivity index (χ1n) is 9.52. The maximum Gasteiger partial charge on any atom is 0.251 e. The predicted molar refractivity (Wildman–Crippen MR) is 113 cm³/mol. The predicted octanol–water partition coefficient (Wildman–Crippen LogP) is 2.13. The second-order valence-corrected chi connectivity index (χ2v) is 7.52. The van der Waals surface area contributed by atoms with Gasteiger partial charge in [0.1, 0.15) is 0 Å². The summed E-state index contributed by atoms with van der Waals surface area (Å²) in [5, 5.41) is 8.33. The minimum absolute atomic E-state index is 0. The number of nitrogens with one attached hydrogen (secondary N) is 3. The molecule has 0 spiro atoms. The maximum absolute atomic E-state index is 12.3. The number of rotatable bonds is 7. The van der Waals surface area contributed by atoms with Gasteiger partial charge in [-0.1, -0.05) is 26.7 Å². The van der Waals surface area contributed by atoms with Gasteiger partial charge in [-0.05, 0) is 49.4 Å². The summed E-state index contributed by atoms with van der Waals surface area (Å²) < 4.78 is 0. The molecular formula is C20H31ClN4O3. The van der Waals surface area contributed by atoms with Crippen LogP contribution in [0.2, 0.25) is 0 Å². The van der Waals surface area contributed by atoms with Crippen LogP contribution in [0.5, 0.6) is 0 Å². The smallest absolute Gasteiger partial charge is 0.251 e. The molecule has 1 fully saturated rings. The van der Waals surface area contributed by atoms with Crippen LogP contribution < -0.4 is 21.7 Å². The van der Waals surface area contributed by atoms with Crippen LogP contribution in [-0.4, -0.2) is 36.3 Å². The van der Waals surface area contributed by atoms with Crippen LogP contribution in [0.4, 0.5) is 5.69 Å². The molecule has 28 heavy (non-hydrogen) atoms. The fraction of sp³-hybridized carbons (Fsp3) is 0.550. The number of halogens is 1. The fourth-order valence-electron chi connectivity index (χ4n) is 3.07. The van der Waals surface area contributed by atoms with Gasteiger partial charge in [0.2, 0.25) is 11.8 Å². The number of nitrogens with two attached hydrogens (primary N) is 1. The summed E-state index contributed by atoms with van der Waals surface area (Å²) in [6.07, 6.45) is 4.39. The Kier molecular flexibility index (Phi) is 9.41. The Bertz CT molecular complexity index is 703. The number of carbonyl (C=O) groups is 3. The molecule has 0 bridgehead atoms. The molecule has 0 heterocycles. The summed E-state index contributed by atoms with van der Waals surface area (Å²) in [5.41, 5.74) is 7.72. The van der Waals surface area contributed by atoms with E-state index >= 15 is 0 Å². The SMILES string of the molecule is Cc1cc(C(=O)NC2CCCC2)ccc1NC(=O)CNC(=O)[C@@H](N)C(C)C.Cl. The number of anilines is 1. The minimum Gasteiger partial charge on any atom is -0.349 e. The average molecular weight is 411 g/mol. The van der Waals surface area contributed by atoms with Gasteiger partial charge in [0.25, 0.3) is 5.91 Å². The van der Waals surface area contributed by atoms with Gasteiger partial charge in [0.15, 0.2) is 0 Å². The molecule has 0 radical (unpaired) electrons. The molecule has 2 rings (SSSR count). The molecule has 1 atom stereocenters. The highest BCUT2D eigenvalue weighted by Crippen LogP contribution is 2.20. The Morgan fingerprint density at radius 2 is 1.82 bits per heavy atom. The first kappa shape index (κ1) is 23.9. The summed E-state index contributed by atoms with van der Waals surface area (Å²) in [5.74, 6) is -0.780. The highest BCUT2D eigenvalue weighted by Gasteiger charge is 2.19. The molecule has 1 aromatic carbocycles. The van der Waals surface area contributed by atoms with Crippen LogP contribution in [-0.2, 0) is 9.59 Å². The molecule has 0 saturated heterocycles. The second kappa shape index (κ2) is 11.0. The molecule has 1 aliphatic rings. The van der Waals surface area contributed by atoms with Gasteiger partial charge < -0.3 is 21.7 Å². The molecule has 1 aliphatic carbocycles. The molecule has 0 aromatic heterocycles. The Hall–Kier alpha value is -2.12. The fourth-order valence-corrected chi connectivity index (χ4v) is 3.07. The molecule has 0 unspecified atom stereocenters. The number of benzene rings is 1. The zero-order chi connectivity index (χ0) is 20.0. The van der Waals surface area contributed by atoms with Crippen molar-refractivity contribution in [2.24, 2.45) is 11.7 Å². The summed E-state index contributed by atoms with van der Waals surface area (Å²) in [4.78, 5) is 36.2. The number of carbonyl (C=O) groups excluding carboxylic acids is 3. The molecule has 0 aliphatic heterocycles. The van der Waals surface area contributed by atoms with Gasteiger partial charge in [-0.15, -0.1) is 12.4 Å². The zero-order valence-electron chi connectivity index (χ0n) is 16.7. The van der Waals surface area contributed by atoms with Crippen molar-refractivity contribution < 1.29 is 14.4 Å². The van der Waals surface area contributed by atoms with Crippen molar-refractivity contribution in [3.8, 4) is 0 Å². The van der Waals surface area contributed by atoms with Crippen molar-refractivity contribution in [3.63, 3.8) is 0 Å². The lowest BCUT2D eigenvalue weighted by atomic mass is 10.1. The van der Waals surface area contributed by atoms with Gasteiger partial charge in [0, 0.05) is 17.3 Å². The van der Waals surface area contributed by atoms with Gasteiger partial charge in [0.05, 0.1) is 12.6 Å². The van der Waals surface area contributed by atoms with Gasteiger partial charge >= 0.3 is 0 Å². The van der Waals surface area contributed by atoms with Crippen molar-refractivity contribution in [3.05, 3.63) is 29.3 Å². The highest BCUT2D eigenvalue weighted by atomic mass is 35.5. The standard InChI is InChI=1S/C20H30N4O3.ClH/c1-12(2)18(21)20(27)22-11-17(25)24-16-9-8-14(10-13(16)3)19(26)23-15-6-4-5-7-15;/h8-10,12,15,18H,4-7,11,21H2,1-3H3,(H,22,27)(H,23,26)(H,24,25);1H/t18-;/m0./s1. The largest absolute Gasteiger partial charge is 0.349 e. The van der Waals surface area contributed by atoms with Crippen LogP contribution in [0.25, 0.3) is 0 Å². The lowest BCUT2D eigenvalue weighted by Gasteiger charge is -2.16. The van der Waals surface area contributed by atoms with Crippen molar-refractivity contribution in [2.75, 3.05) is 11.9 Å². The van der Waals surface area contributed by atoms with Crippen LogP contribution in [0.3, 0.4) is 0 Å². The van der Waals surface area contributed by atoms with Crippen LogP contribution in [0.15, 0.2) is 18.2 Å². The minimum atomic E-state index is -0.641. The Morgan fingerprint density at radius 1 is 1.18 bits per heavy atom. The molecule has 8 heteroatoms. The number of hydrogen-bond acceptors (Lipinski definition) is 4. The van der Waals surface area contributed by atoms with Crippen LogP contribution >= 0.6 is 12.4 Å². The quantitative estimate of drug-likeness (QED) is 0.551. The molecule has 5 N–H and O–H groups in total. The van der Waals surface area contributed by atoms with E-state index in [4.69, 9.17) is 5.73 Å². The molecule has 1 saturated carbocycles. The lowest BCUT2D eigenvalue weighted by Crippen LogP contribution is -2.46. The first-order chi connectivity index (χ1) is 12.8. The molecule has 3 amide bonds. The van der Waals surface area contributed by atoms with E-state index in [2.05, 4.69) is 16.0 Å². The van der Waals surface area contributed by atoms with E-state index in [0.717, 1.165) is 31.2 Å². The van der Waals surface area contributed by atoms with E-state index in [9.17, 15) is 14.4 Å². The second-order valence-electron chi connectivity index (χ2n) is 7.52. The van der Waals surface area contributed by atoms with Gasteiger partial charge in [-0.2, -0.15) is 0 Å². The van der Waals surface area contributed by atoms with Crippen molar-refractivity contribution in [2.45, 2.75) is 58.5 Å². The van der Waals surface area contributed by atoms with Gasteiger partial charge in [-0.25, -0.2) is 0 Å². The Morgan fingerprint density at radius 3 is 2.39 bits per heavy atom. The van der Waals surface area contributed by atoms with Crippen LogP contribution in [0.1, 0.15) is 55.5 Å². The third kappa shape index (κ3) is 6.80. The Labute approximate surface area is 172 Å². The Balaban J connectivity index is 0.00000392. The van der Waals surface area contributed by atoms with E-state index in [1.54, 1.807) is 18.2 Å². The van der Waals surface area contributed by atoms with Crippen molar-refractivity contribution in [1.29, 1.82) is 0 Å². The van der Waals surface area contributed by atoms with E-state index < -0.39 is 6.04 Å². The highest BCUT2D eigenvalue weighted by molar-refractivity contribution is 5.98. The summed E-state index contributed by atoms with van der Waals surface area (Å²) >= 11 is 0. The third-order valence-corrected chi connectivity index (χ3v) is 4.90. The molecular weight excluding hydrogens is 380 g/mol. The number of hydrogen-bond donors (Lipinski definition) is 4. The third-order valence-electron chi connectivity index (χ3n) is 4.90. The topological polar surface area (TPSA) is 113 Å². The van der Waals surface area contributed by atoms with Crippen molar-refractivity contribution in [1.82, 2.24) is 10.6 Å². The average Bonchev–Trinajstić information content (AvgIpc) is 3.13. The number of aryl methyl sites for hydroxylation is 1. The van der Waals surface area contributed by atoms with E-state index in [1.165, 1.54) is 0 Å². The van der Waals surface area contributed by atoms with Crippen molar-refractivity contribution >= 4 is 35.8 Å². The summed E-state index contributed by atoms with van der Waals surface area (Å²) in [6.45, 7) is 5.37. The summed E-state index contributed by atoms with van der Waals surface area (Å²) in [7, 11) is 0. The van der Waals surface area contributed by atoms with E-state index in [0.29, 0.717) is 11.3 Å². The molecule has 1 aromatic rings. The van der Waals surface area contributed by atoms with Gasteiger partial charge in [-0.3, -0.25) is 14.4 Å². The monoisotopic (exact) mass is 410 g/mol. The van der Waals surface area contributed by atoms with Crippen LogP contribution in [0, 0.1) is 12.8 Å². The zero-order valence-corrected chi connectivity index (χ0v) is 17.5. The lowest BCUT2D eigenvalue weighted by molar-refractivity contribution is -0.125.